The van der Waals surface area contributed by atoms with Crippen molar-refractivity contribution < 1.29 is 14.3 Å². The number of anilines is 1. The van der Waals surface area contributed by atoms with E-state index in [4.69, 9.17) is 44.3 Å². The summed E-state index contributed by atoms with van der Waals surface area (Å²) in [4.78, 5) is 16.3. The second-order valence-electron chi connectivity index (χ2n) is 4.43. The molecule has 0 saturated carbocycles. The Balaban J connectivity index is 1.86. The van der Waals surface area contributed by atoms with Gasteiger partial charge >= 0.3 is 5.97 Å². The molecule has 0 bridgehead atoms. The molecule has 1 aliphatic rings. The van der Waals surface area contributed by atoms with Gasteiger partial charge in [0, 0.05) is 17.3 Å². The minimum Gasteiger partial charge on any atom is -0.488 e. The van der Waals surface area contributed by atoms with Crippen LogP contribution in [0.25, 0.3) is 0 Å². The highest BCUT2D eigenvalue weighted by Gasteiger charge is 2.19. The monoisotopic (exact) mass is 358 g/mol. The van der Waals surface area contributed by atoms with E-state index in [9.17, 15) is 4.79 Å². The Morgan fingerprint density at radius 1 is 1.23 bits per heavy atom. The number of benzene rings is 1. The van der Waals surface area contributed by atoms with E-state index < -0.39 is 5.97 Å². The van der Waals surface area contributed by atoms with Crippen molar-refractivity contribution in [3.8, 4) is 11.5 Å². The van der Waals surface area contributed by atoms with Crippen LogP contribution in [0.4, 0.5) is 5.82 Å². The van der Waals surface area contributed by atoms with Crippen LogP contribution in [-0.2, 0) is 0 Å². The van der Waals surface area contributed by atoms with Crippen LogP contribution in [0.5, 0.6) is 11.5 Å². The lowest BCUT2D eigenvalue weighted by Crippen LogP contribution is -2.20. The second-order valence-corrected chi connectivity index (χ2v) is 5.68. The van der Waals surface area contributed by atoms with Gasteiger partial charge in [-0.15, -0.1) is 0 Å². The molecule has 0 unspecified atom stereocenters. The van der Waals surface area contributed by atoms with Crippen LogP contribution in [0.1, 0.15) is 10.4 Å². The molecule has 3 rings (SSSR count). The number of rotatable bonds is 2. The van der Waals surface area contributed by atoms with Gasteiger partial charge in [-0.1, -0.05) is 34.8 Å². The van der Waals surface area contributed by atoms with Crippen molar-refractivity contribution in [2.75, 3.05) is 18.5 Å². The predicted molar refractivity (Wildman–Crippen MR) is 84.7 cm³/mol. The van der Waals surface area contributed by atoms with Crippen molar-refractivity contribution in [1.82, 2.24) is 4.98 Å². The summed E-state index contributed by atoms with van der Waals surface area (Å²) in [6.45, 7) is 1.17. The molecule has 0 saturated heterocycles. The Morgan fingerprint density at radius 2 is 1.95 bits per heavy atom. The quantitative estimate of drug-likeness (QED) is 0.647. The maximum atomic E-state index is 12.2. The normalized spacial score (nSPS) is 12.9. The summed E-state index contributed by atoms with van der Waals surface area (Å²) in [7, 11) is 0. The lowest BCUT2D eigenvalue weighted by molar-refractivity contribution is 0.0734. The first-order chi connectivity index (χ1) is 10.5. The number of pyridine rings is 1. The Hall–Kier alpha value is -1.69. The molecule has 0 amide bonds. The molecule has 0 fully saturated rings. The number of halogens is 3. The van der Waals surface area contributed by atoms with E-state index in [0.717, 1.165) is 0 Å². The van der Waals surface area contributed by atoms with Crippen molar-refractivity contribution in [3.05, 3.63) is 45.0 Å². The summed E-state index contributed by atoms with van der Waals surface area (Å²) in [5.74, 6) is 0.490. The van der Waals surface area contributed by atoms with Gasteiger partial charge in [-0.25, -0.2) is 9.78 Å². The van der Waals surface area contributed by atoms with Crippen LogP contribution in [0.2, 0.25) is 15.1 Å². The van der Waals surface area contributed by atoms with Crippen molar-refractivity contribution >= 4 is 46.6 Å². The van der Waals surface area contributed by atoms with Gasteiger partial charge in [0.2, 0.25) is 0 Å². The molecule has 114 valence electrons. The van der Waals surface area contributed by atoms with E-state index >= 15 is 0 Å². The number of ether oxygens (including phenoxy) is 2. The van der Waals surface area contributed by atoms with Crippen LogP contribution in [0.15, 0.2) is 24.4 Å². The van der Waals surface area contributed by atoms with Gasteiger partial charge in [0.25, 0.3) is 0 Å². The van der Waals surface area contributed by atoms with Crippen molar-refractivity contribution in [3.63, 3.8) is 0 Å². The van der Waals surface area contributed by atoms with E-state index in [1.54, 1.807) is 6.07 Å². The molecule has 1 N–H and O–H groups in total. The van der Waals surface area contributed by atoms with Crippen LogP contribution < -0.4 is 14.8 Å². The van der Waals surface area contributed by atoms with Crippen LogP contribution in [0, 0.1) is 0 Å². The fourth-order valence-electron chi connectivity index (χ4n) is 1.91. The van der Waals surface area contributed by atoms with Crippen LogP contribution >= 0.6 is 34.8 Å². The zero-order chi connectivity index (χ0) is 15.7. The van der Waals surface area contributed by atoms with Crippen LogP contribution in [0.3, 0.4) is 0 Å². The number of carbonyl (C=O) groups is 1. The topological polar surface area (TPSA) is 60.5 Å². The lowest BCUT2D eigenvalue weighted by atomic mass is 10.2. The molecule has 1 aliphatic heterocycles. The number of esters is 1. The molecule has 0 aliphatic carbocycles. The highest BCUT2D eigenvalue weighted by molar-refractivity contribution is 6.40. The first-order valence-electron chi connectivity index (χ1n) is 6.28. The summed E-state index contributed by atoms with van der Waals surface area (Å²) in [5.41, 5.74) is 0.226. The molecule has 22 heavy (non-hydrogen) atoms. The highest BCUT2D eigenvalue weighted by Crippen LogP contribution is 2.36. The molecule has 8 heteroatoms. The maximum Gasteiger partial charge on any atom is 0.345 e. The molecular formula is C14H9Cl3N2O3. The Labute approximate surface area is 141 Å². The molecular weight excluding hydrogens is 351 g/mol. The van der Waals surface area contributed by atoms with E-state index in [0.29, 0.717) is 29.7 Å². The Kier molecular flexibility index (Phi) is 4.29. The fourth-order valence-corrected chi connectivity index (χ4v) is 2.80. The zero-order valence-corrected chi connectivity index (χ0v) is 13.3. The van der Waals surface area contributed by atoms with E-state index in [2.05, 4.69) is 10.3 Å². The third-order valence-electron chi connectivity index (χ3n) is 2.90. The molecule has 0 spiro atoms. The van der Waals surface area contributed by atoms with E-state index in [-0.39, 0.29) is 21.4 Å². The molecule has 1 aromatic carbocycles. The average molecular weight is 360 g/mol. The summed E-state index contributed by atoms with van der Waals surface area (Å²) < 4.78 is 10.7. The maximum absolute atomic E-state index is 12.2. The average Bonchev–Trinajstić information content (AvgIpc) is 2.50. The zero-order valence-electron chi connectivity index (χ0n) is 11.0. The highest BCUT2D eigenvalue weighted by atomic mass is 35.5. The summed E-state index contributed by atoms with van der Waals surface area (Å²) in [6, 6.07) is 4.43. The third-order valence-corrected chi connectivity index (χ3v) is 3.68. The fraction of sp³-hybridized carbons (Fsp3) is 0.143. The number of nitrogens with zero attached hydrogens (tertiary/aromatic N) is 1. The van der Waals surface area contributed by atoms with Crippen molar-refractivity contribution in [1.29, 1.82) is 0 Å². The van der Waals surface area contributed by atoms with Gasteiger partial charge in [0.1, 0.15) is 6.61 Å². The van der Waals surface area contributed by atoms with Gasteiger partial charge in [0.15, 0.2) is 17.3 Å². The lowest BCUT2D eigenvalue weighted by Gasteiger charge is -2.18. The SMILES string of the molecule is O=C(Oc1c(Cl)cc(Cl)cc1Cl)c1cnc2c(c1)OCCN2. The first-order valence-corrected chi connectivity index (χ1v) is 7.41. The number of carbonyl (C=O) groups excluding carboxylic acids is 1. The Bertz CT molecular complexity index is 729. The minimum absolute atomic E-state index is 0.0505. The molecule has 2 aromatic rings. The number of fused-ring (bicyclic) bond motifs is 1. The third kappa shape index (κ3) is 3.06. The number of aromatic nitrogens is 1. The number of nitrogens with one attached hydrogen (secondary N) is 1. The van der Waals surface area contributed by atoms with E-state index in [1.807, 2.05) is 0 Å². The molecule has 0 atom stereocenters. The molecule has 5 nitrogen and oxygen atoms in total. The van der Waals surface area contributed by atoms with Gasteiger partial charge in [0.05, 0.1) is 22.2 Å². The second kappa shape index (κ2) is 6.20. The summed E-state index contributed by atoms with van der Waals surface area (Å²) in [5, 5.41) is 3.71. The largest absolute Gasteiger partial charge is 0.488 e. The Morgan fingerprint density at radius 3 is 2.68 bits per heavy atom. The van der Waals surface area contributed by atoms with Gasteiger partial charge in [-0.2, -0.15) is 0 Å². The van der Waals surface area contributed by atoms with Gasteiger partial charge in [-0.3, -0.25) is 0 Å². The van der Waals surface area contributed by atoms with Gasteiger partial charge < -0.3 is 14.8 Å². The molecule has 0 radical (unpaired) electrons. The predicted octanol–water partition coefficient (Wildman–Crippen LogP) is 4.07. The number of hydrogen-bond acceptors (Lipinski definition) is 5. The molecule has 2 heterocycles. The van der Waals surface area contributed by atoms with Gasteiger partial charge in [-0.05, 0) is 12.1 Å². The standard InChI is InChI=1S/C14H9Cl3N2O3/c15-8-4-9(16)12(10(17)5-8)22-14(20)7-3-11-13(19-6-7)18-1-2-21-11/h3-6H,1-2H2,(H,18,19). The molecule has 1 aromatic heterocycles. The van der Waals surface area contributed by atoms with E-state index in [1.165, 1.54) is 18.3 Å². The summed E-state index contributed by atoms with van der Waals surface area (Å²) >= 11 is 17.8. The van der Waals surface area contributed by atoms with Crippen LogP contribution in [-0.4, -0.2) is 24.1 Å². The number of hydrogen-bond donors (Lipinski definition) is 1. The summed E-state index contributed by atoms with van der Waals surface area (Å²) in [6.07, 6.45) is 1.39. The van der Waals surface area contributed by atoms with Crippen molar-refractivity contribution in [2.24, 2.45) is 0 Å². The van der Waals surface area contributed by atoms with Crippen molar-refractivity contribution in [2.45, 2.75) is 0 Å². The minimum atomic E-state index is -0.643. The smallest absolute Gasteiger partial charge is 0.345 e. The first kappa shape index (κ1) is 15.2.